The van der Waals surface area contributed by atoms with E-state index in [0.29, 0.717) is 17.8 Å². The monoisotopic (exact) mass is 430 g/mol. The van der Waals surface area contributed by atoms with Crippen molar-refractivity contribution in [1.29, 1.82) is 0 Å². The molecule has 1 aliphatic heterocycles. The fourth-order valence-electron chi connectivity index (χ4n) is 3.46. The first-order chi connectivity index (χ1) is 14.9. The zero-order valence-corrected chi connectivity index (χ0v) is 17.5. The van der Waals surface area contributed by atoms with Crippen molar-refractivity contribution in [3.63, 3.8) is 0 Å². The predicted molar refractivity (Wildman–Crippen MR) is 110 cm³/mol. The Bertz CT molecular complexity index is 996. The maximum atomic E-state index is 14.2. The lowest BCUT2D eigenvalue weighted by Gasteiger charge is -2.39. The molecule has 0 unspecified atom stereocenters. The van der Waals surface area contributed by atoms with Gasteiger partial charge >= 0.3 is 12.0 Å². The van der Waals surface area contributed by atoms with Crippen LogP contribution in [0.4, 0.5) is 14.9 Å². The van der Waals surface area contributed by atoms with Gasteiger partial charge < -0.3 is 19.1 Å². The molecule has 8 nitrogen and oxygen atoms in total. The first-order valence-electron chi connectivity index (χ1n) is 9.55. The second kappa shape index (κ2) is 9.46. The van der Waals surface area contributed by atoms with Crippen LogP contribution in [-0.2, 0) is 16.1 Å². The summed E-state index contributed by atoms with van der Waals surface area (Å²) in [5.41, 5.74) is 0.878. The zero-order chi connectivity index (χ0) is 22.5. The van der Waals surface area contributed by atoms with Crippen molar-refractivity contribution >= 4 is 24.0 Å². The van der Waals surface area contributed by atoms with Crippen LogP contribution in [0.1, 0.15) is 22.8 Å². The summed E-state index contributed by atoms with van der Waals surface area (Å²) < 4.78 is 30.1. The second-order valence-corrected chi connectivity index (χ2v) is 7.01. The molecular formula is C22H23FN2O6. The number of carbonyl (C=O) groups excluding carboxylic acids is 3. The number of hydrogen-bond donors (Lipinski definition) is 0. The van der Waals surface area contributed by atoms with Crippen molar-refractivity contribution < 1.29 is 33.0 Å². The van der Waals surface area contributed by atoms with Gasteiger partial charge in [0.05, 0.1) is 39.4 Å². The minimum absolute atomic E-state index is 0.0640. The van der Waals surface area contributed by atoms with E-state index in [2.05, 4.69) is 0 Å². The number of nitrogens with zero attached hydrogens (tertiary/aromatic N) is 2. The molecule has 0 N–H and O–H groups in total. The molecule has 0 radical (unpaired) electrons. The SMILES string of the molecule is COc1ccc(CN2C[C@@H](OC(C)=O)CN(c3ccc(C=O)c(F)c3)C2=O)c(OC)c1. The molecule has 9 heteroatoms. The van der Waals surface area contributed by atoms with Crippen molar-refractivity contribution in [1.82, 2.24) is 4.90 Å². The summed E-state index contributed by atoms with van der Waals surface area (Å²) in [4.78, 5) is 38.5. The maximum absolute atomic E-state index is 14.2. The summed E-state index contributed by atoms with van der Waals surface area (Å²) in [6.45, 7) is 1.69. The second-order valence-electron chi connectivity index (χ2n) is 7.01. The number of methoxy groups -OCH3 is 2. The Hall–Kier alpha value is -3.62. The normalized spacial score (nSPS) is 16.1. The first-order valence-corrected chi connectivity index (χ1v) is 9.55. The number of ether oxygens (including phenoxy) is 3. The number of urea groups is 1. The molecule has 164 valence electrons. The smallest absolute Gasteiger partial charge is 0.325 e. The molecule has 1 atom stereocenters. The summed E-state index contributed by atoms with van der Waals surface area (Å²) in [6.07, 6.45) is -0.214. The van der Waals surface area contributed by atoms with Gasteiger partial charge in [-0.05, 0) is 30.3 Å². The molecule has 2 aromatic rings. The lowest BCUT2D eigenvalue weighted by Crippen LogP contribution is -2.56. The van der Waals surface area contributed by atoms with E-state index in [-0.39, 0.29) is 36.9 Å². The van der Waals surface area contributed by atoms with Gasteiger partial charge in [-0.1, -0.05) is 0 Å². The number of carbonyl (C=O) groups is 3. The highest BCUT2D eigenvalue weighted by molar-refractivity contribution is 5.93. The van der Waals surface area contributed by atoms with Crippen LogP contribution in [0.3, 0.4) is 0 Å². The quantitative estimate of drug-likeness (QED) is 0.496. The van der Waals surface area contributed by atoms with Gasteiger partial charge in [-0.3, -0.25) is 14.5 Å². The summed E-state index contributed by atoms with van der Waals surface area (Å²) in [5.74, 6) is -0.0764. The van der Waals surface area contributed by atoms with Gasteiger partial charge in [-0.25, -0.2) is 9.18 Å². The summed E-state index contributed by atoms with van der Waals surface area (Å²) in [7, 11) is 3.06. The van der Waals surface area contributed by atoms with E-state index in [0.717, 1.165) is 11.6 Å². The highest BCUT2D eigenvalue weighted by Gasteiger charge is 2.35. The molecule has 1 fully saturated rings. The molecule has 0 spiro atoms. The standard InChI is InChI=1S/C22H23FN2O6/c1-14(27)31-19-11-24(10-15-5-7-18(29-2)9-21(15)30-3)22(28)25(12-19)17-6-4-16(13-26)20(23)8-17/h4-9,13,19H,10-12H2,1-3H3/t19-/m1/s1. The molecular weight excluding hydrogens is 407 g/mol. The average Bonchev–Trinajstić information content (AvgIpc) is 2.75. The number of amides is 2. The Kier molecular flexibility index (Phi) is 6.74. The minimum Gasteiger partial charge on any atom is -0.497 e. The number of anilines is 1. The maximum Gasteiger partial charge on any atom is 0.325 e. The van der Waals surface area contributed by atoms with E-state index < -0.39 is 17.9 Å². The van der Waals surface area contributed by atoms with E-state index in [4.69, 9.17) is 14.2 Å². The summed E-state index contributed by atoms with van der Waals surface area (Å²) in [5, 5.41) is 0. The fourth-order valence-corrected chi connectivity index (χ4v) is 3.46. The Morgan fingerprint density at radius 2 is 1.94 bits per heavy atom. The lowest BCUT2D eigenvalue weighted by atomic mass is 10.1. The Balaban J connectivity index is 1.92. The van der Waals surface area contributed by atoms with Gasteiger partial charge in [0.2, 0.25) is 0 Å². The highest BCUT2D eigenvalue weighted by Crippen LogP contribution is 2.29. The molecule has 1 aliphatic rings. The van der Waals surface area contributed by atoms with Crippen molar-refractivity contribution in [3.8, 4) is 11.5 Å². The van der Waals surface area contributed by atoms with E-state index in [1.54, 1.807) is 25.3 Å². The number of hydrogen-bond acceptors (Lipinski definition) is 6. The van der Waals surface area contributed by atoms with E-state index in [1.807, 2.05) is 0 Å². The van der Waals surface area contributed by atoms with E-state index >= 15 is 0 Å². The minimum atomic E-state index is -0.738. The zero-order valence-electron chi connectivity index (χ0n) is 17.5. The summed E-state index contributed by atoms with van der Waals surface area (Å²) >= 11 is 0. The van der Waals surface area contributed by atoms with E-state index in [1.165, 1.54) is 36.0 Å². The van der Waals surface area contributed by atoms with Gasteiger partial charge in [0.25, 0.3) is 0 Å². The van der Waals surface area contributed by atoms with Crippen LogP contribution in [0.5, 0.6) is 11.5 Å². The third kappa shape index (κ3) is 4.93. The van der Waals surface area contributed by atoms with Gasteiger partial charge in [0.1, 0.15) is 23.4 Å². The number of esters is 1. The van der Waals surface area contributed by atoms with Crippen LogP contribution in [0.15, 0.2) is 36.4 Å². The Labute approximate surface area is 179 Å². The van der Waals surface area contributed by atoms with Gasteiger partial charge in [-0.15, -0.1) is 0 Å². The fraction of sp³-hybridized carbons (Fsp3) is 0.318. The van der Waals surface area contributed by atoms with Crippen LogP contribution in [-0.4, -0.2) is 56.6 Å². The molecule has 0 aromatic heterocycles. The van der Waals surface area contributed by atoms with Crippen LogP contribution in [0.2, 0.25) is 0 Å². The van der Waals surface area contributed by atoms with Crippen molar-refractivity contribution in [3.05, 3.63) is 53.3 Å². The van der Waals surface area contributed by atoms with Crippen LogP contribution >= 0.6 is 0 Å². The molecule has 31 heavy (non-hydrogen) atoms. The number of halogens is 1. The summed E-state index contributed by atoms with van der Waals surface area (Å²) in [6, 6.07) is 8.75. The molecule has 3 rings (SSSR count). The van der Waals surface area contributed by atoms with E-state index in [9.17, 15) is 18.8 Å². The topological polar surface area (TPSA) is 85.4 Å². The molecule has 0 aliphatic carbocycles. The van der Waals surface area contributed by atoms with Crippen LogP contribution < -0.4 is 14.4 Å². The van der Waals surface area contributed by atoms with Crippen LogP contribution in [0, 0.1) is 5.82 Å². The number of benzene rings is 2. The third-order valence-electron chi connectivity index (χ3n) is 4.92. The molecule has 1 saturated heterocycles. The first kappa shape index (κ1) is 22.1. The predicted octanol–water partition coefficient (Wildman–Crippen LogP) is 3.03. The average molecular weight is 430 g/mol. The van der Waals surface area contributed by atoms with Gasteiger partial charge in [0, 0.05) is 24.2 Å². The molecule has 0 saturated carbocycles. The van der Waals surface area contributed by atoms with Crippen molar-refractivity contribution in [2.24, 2.45) is 0 Å². The Morgan fingerprint density at radius 1 is 1.16 bits per heavy atom. The molecule has 2 amide bonds. The largest absolute Gasteiger partial charge is 0.497 e. The Morgan fingerprint density at radius 3 is 2.55 bits per heavy atom. The highest BCUT2D eigenvalue weighted by atomic mass is 19.1. The van der Waals surface area contributed by atoms with Crippen LogP contribution in [0.25, 0.3) is 0 Å². The molecule has 1 heterocycles. The lowest BCUT2D eigenvalue weighted by molar-refractivity contribution is -0.146. The molecule has 2 aromatic carbocycles. The van der Waals surface area contributed by atoms with Gasteiger partial charge in [0.15, 0.2) is 6.29 Å². The number of rotatable bonds is 7. The molecule has 0 bridgehead atoms. The van der Waals surface area contributed by atoms with Crippen molar-refractivity contribution in [2.75, 3.05) is 32.2 Å². The number of aldehydes is 1. The van der Waals surface area contributed by atoms with Gasteiger partial charge in [-0.2, -0.15) is 0 Å². The van der Waals surface area contributed by atoms with Crippen molar-refractivity contribution in [2.45, 2.75) is 19.6 Å². The third-order valence-corrected chi connectivity index (χ3v) is 4.92.